The molecule has 0 aromatic carbocycles. The topological polar surface area (TPSA) is 70.4 Å². The van der Waals surface area contributed by atoms with E-state index in [0.29, 0.717) is 5.56 Å². The summed E-state index contributed by atoms with van der Waals surface area (Å²) in [5.74, 6) is -1.48. The zero-order chi connectivity index (χ0) is 8.97. The molecule has 0 aliphatic carbocycles. The van der Waals surface area contributed by atoms with E-state index in [0.717, 1.165) is 6.08 Å². The maximum absolute atomic E-state index is 10.1. The molecule has 0 bridgehead atoms. The van der Waals surface area contributed by atoms with E-state index in [9.17, 15) is 4.79 Å². The molecule has 4 nitrogen and oxygen atoms in total. The number of hydrogen-bond donors (Lipinski definition) is 2. The van der Waals surface area contributed by atoms with Gasteiger partial charge in [-0.2, -0.15) is 0 Å². The first-order valence-electron chi connectivity index (χ1n) is 3.24. The Hall–Kier alpha value is -1.84. The molecule has 62 valence electrons. The molecule has 1 rings (SSSR count). The highest BCUT2D eigenvalue weighted by Gasteiger charge is 1.99. The van der Waals surface area contributed by atoms with Crippen LogP contribution < -0.4 is 0 Å². The first kappa shape index (κ1) is 8.26. The number of hydrogen-bond acceptors (Lipinski definition) is 3. The second-order valence-corrected chi connectivity index (χ2v) is 2.11. The molecule has 12 heavy (non-hydrogen) atoms. The summed E-state index contributed by atoms with van der Waals surface area (Å²) in [6.45, 7) is 0. The van der Waals surface area contributed by atoms with Crippen LogP contribution in [0.4, 0.5) is 0 Å². The Kier molecular flexibility index (Phi) is 2.42. The lowest BCUT2D eigenvalue weighted by atomic mass is 10.2. The summed E-state index contributed by atoms with van der Waals surface area (Å²) in [4.78, 5) is 13.8. The Morgan fingerprint density at radius 3 is 2.75 bits per heavy atom. The number of aliphatic carboxylic acids is 1. The lowest BCUT2D eigenvalue weighted by Gasteiger charge is -1.95. The van der Waals surface area contributed by atoms with Gasteiger partial charge in [0.15, 0.2) is 0 Å². The molecule has 0 aliphatic rings. The average Bonchev–Trinajstić information content (AvgIpc) is 2.05. The van der Waals surface area contributed by atoms with Crippen molar-refractivity contribution in [3.8, 4) is 0 Å². The van der Waals surface area contributed by atoms with Gasteiger partial charge in [0.25, 0.3) is 0 Å². The predicted octanol–water partition coefficient (Wildman–Crippen LogP) is 1.07. The quantitative estimate of drug-likeness (QED) is 0.507. The summed E-state index contributed by atoms with van der Waals surface area (Å²) in [6.07, 6.45) is 3.64. The van der Waals surface area contributed by atoms with E-state index in [1.165, 1.54) is 12.4 Å². The number of aromatic nitrogens is 1. The van der Waals surface area contributed by atoms with Crippen molar-refractivity contribution in [2.45, 2.75) is 0 Å². The van der Waals surface area contributed by atoms with Gasteiger partial charge in [-0.05, 0) is 12.1 Å². The van der Waals surface area contributed by atoms with Gasteiger partial charge in [-0.1, -0.05) is 0 Å². The lowest BCUT2D eigenvalue weighted by Crippen LogP contribution is -1.91. The number of aliphatic hydroxyl groups excluding tert-OH is 1. The molecule has 0 radical (unpaired) electrons. The Labute approximate surface area is 68.8 Å². The van der Waals surface area contributed by atoms with Crippen LogP contribution in [0.15, 0.2) is 30.6 Å². The van der Waals surface area contributed by atoms with Gasteiger partial charge in [-0.3, -0.25) is 4.98 Å². The third kappa shape index (κ3) is 2.09. The summed E-state index contributed by atoms with van der Waals surface area (Å²) in [5, 5.41) is 17.4. The van der Waals surface area contributed by atoms with E-state index in [-0.39, 0.29) is 5.76 Å². The summed E-state index contributed by atoms with van der Waals surface area (Å²) >= 11 is 0. The molecule has 4 heteroatoms. The standard InChI is InChI=1S/C8H7NO3/c10-7(4-8(11)12)6-2-1-3-9-5-6/h1-5,10H,(H,11,12). The van der Waals surface area contributed by atoms with Crippen LogP contribution in [0.1, 0.15) is 5.56 Å². The summed E-state index contributed by atoms with van der Waals surface area (Å²) in [5.41, 5.74) is 0.389. The number of carboxylic acid groups (broad SMARTS) is 1. The molecule has 0 amide bonds. The summed E-state index contributed by atoms with van der Waals surface area (Å²) < 4.78 is 0. The van der Waals surface area contributed by atoms with Crippen LogP contribution in [0, 0.1) is 0 Å². The van der Waals surface area contributed by atoms with Gasteiger partial charge in [-0.25, -0.2) is 4.79 Å². The minimum absolute atomic E-state index is 0.296. The largest absolute Gasteiger partial charge is 0.507 e. The van der Waals surface area contributed by atoms with Crippen molar-refractivity contribution in [2.75, 3.05) is 0 Å². The van der Waals surface area contributed by atoms with E-state index >= 15 is 0 Å². The molecule has 0 aliphatic heterocycles. The molecule has 0 fully saturated rings. The number of pyridine rings is 1. The lowest BCUT2D eigenvalue weighted by molar-refractivity contribution is -0.131. The monoisotopic (exact) mass is 165 g/mol. The predicted molar refractivity (Wildman–Crippen MR) is 42.5 cm³/mol. The van der Waals surface area contributed by atoms with Crippen LogP contribution in [0.25, 0.3) is 5.76 Å². The van der Waals surface area contributed by atoms with Gasteiger partial charge < -0.3 is 10.2 Å². The smallest absolute Gasteiger partial charge is 0.332 e. The van der Waals surface area contributed by atoms with Crippen molar-refractivity contribution in [1.29, 1.82) is 0 Å². The third-order valence-corrected chi connectivity index (χ3v) is 1.22. The molecule has 0 saturated heterocycles. The van der Waals surface area contributed by atoms with Crippen molar-refractivity contribution >= 4 is 11.7 Å². The van der Waals surface area contributed by atoms with Crippen LogP contribution in [0.5, 0.6) is 0 Å². The number of nitrogens with zero attached hydrogens (tertiary/aromatic N) is 1. The van der Waals surface area contributed by atoms with Crippen LogP contribution in [-0.4, -0.2) is 21.2 Å². The first-order chi connectivity index (χ1) is 5.70. The zero-order valence-corrected chi connectivity index (χ0v) is 6.14. The van der Waals surface area contributed by atoms with Crippen LogP contribution in [0.2, 0.25) is 0 Å². The minimum atomic E-state index is -1.18. The van der Waals surface area contributed by atoms with Crippen LogP contribution in [0.3, 0.4) is 0 Å². The van der Waals surface area contributed by atoms with Crippen LogP contribution >= 0.6 is 0 Å². The Balaban J connectivity index is 2.93. The molecule has 1 aromatic heterocycles. The first-order valence-corrected chi connectivity index (χ1v) is 3.24. The third-order valence-electron chi connectivity index (χ3n) is 1.22. The van der Waals surface area contributed by atoms with Crippen molar-refractivity contribution in [2.24, 2.45) is 0 Å². The van der Waals surface area contributed by atoms with E-state index in [1.807, 2.05) is 0 Å². The average molecular weight is 165 g/mol. The number of carbonyl (C=O) groups is 1. The molecule has 2 N–H and O–H groups in total. The molecular weight excluding hydrogens is 158 g/mol. The van der Waals surface area contributed by atoms with E-state index in [2.05, 4.69) is 4.98 Å². The van der Waals surface area contributed by atoms with Crippen molar-refractivity contribution < 1.29 is 15.0 Å². The fraction of sp³-hybridized carbons (Fsp3) is 0. The highest BCUT2D eigenvalue weighted by atomic mass is 16.4. The van der Waals surface area contributed by atoms with E-state index < -0.39 is 5.97 Å². The fourth-order valence-corrected chi connectivity index (χ4v) is 0.715. The second kappa shape index (κ2) is 3.52. The summed E-state index contributed by atoms with van der Waals surface area (Å²) in [6, 6.07) is 3.18. The molecule has 1 heterocycles. The Bertz CT molecular complexity index is 305. The van der Waals surface area contributed by atoms with Gasteiger partial charge in [0.2, 0.25) is 0 Å². The van der Waals surface area contributed by atoms with Gasteiger partial charge in [-0.15, -0.1) is 0 Å². The Morgan fingerprint density at radius 2 is 2.25 bits per heavy atom. The van der Waals surface area contributed by atoms with Crippen molar-refractivity contribution in [1.82, 2.24) is 4.98 Å². The summed E-state index contributed by atoms with van der Waals surface area (Å²) in [7, 11) is 0. The number of aliphatic hydroxyl groups is 1. The highest BCUT2D eigenvalue weighted by molar-refractivity contribution is 5.87. The molecule has 1 aromatic rings. The molecule has 0 spiro atoms. The van der Waals surface area contributed by atoms with Gasteiger partial charge in [0, 0.05) is 18.0 Å². The molecule has 0 saturated carbocycles. The minimum Gasteiger partial charge on any atom is -0.507 e. The zero-order valence-electron chi connectivity index (χ0n) is 6.14. The maximum atomic E-state index is 10.1. The SMILES string of the molecule is O=C(O)C=C(O)c1cccnc1. The highest BCUT2D eigenvalue weighted by Crippen LogP contribution is 2.07. The second-order valence-electron chi connectivity index (χ2n) is 2.11. The molecule has 0 unspecified atom stereocenters. The van der Waals surface area contributed by atoms with E-state index in [4.69, 9.17) is 10.2 Å². The molecular formula is C8H7NO3. The van der Waals surface area contributed by atoms with Crippen molar-refractivity contribution in [3.63, 3.8) is 0 Å². The number of carboxylic acids is 1. The molecule has 0 atom stereocenters. The Morgan fingerprint density at radius 1 is 1.50 bits per heavy atom. The fourth-order valence-electron chi connectivity index (χ4n) is 0.715. The normalized spacial score (nSPS) is 11.2. The van der Waals surface area contributed by atoms with Crippen LogP contribution in [-0.2, 0) is 4.79 Å². The van der Waals surface area contributed by atoms with Crippen molar-refractivity contribution in [3.05, 3.63) is 36.2 Å². The maximum Gasteiger partial charge on any atom is 0.332 e. The number of rotatable bonds is 2. The van der Waals surface area contributed by atoms with E-state index in [1.54, 1.807) is 12.1 Å². The van der Waals surface area contributed by atoms with Gasteiger partial charge in [0.1, 0.15) is 5.76 Å². The van der Waals surface area contributed by atoms with Gasteiger partial charge in [0.05, 0.1) is 6.08 Å². The van der Waals surface area contributed by atoms with Gasteiger partial charge >= 0.3 is 5.97 Å².